The highest BCUT2D eigenvalue weighted by Crippen LogP contribution is 2.27. The zero-order valence-corrected chi connectivity index (χ0v) is 12.5. The Balaban J connectivity index is 0.00000162. The number of nitrogens with two attached hydrogens (primary N) is 1. The Labute approximate surface area is 119 Å². The smallest absolute Gasteiger partial charge is 0.225 e. The van der Waals surface area contributed by atoms with Crippen molar-refractivity contribution in [1.29, 1.82) is 0 Å². The molecule has 2 unspecified atom stereocenters. The van der Waals surface area contributed by atoms with Crippen molar-refractivity contribution in [3.05, 3.63) is 21.9 Å². The van der Waals surface area contributed by atoms with Crippen molar-refractivity contribution in [3.8, 4) is 0 Å². The maximum Gasteiger partial charge on any atom is 0.225 e. The maximum absolute atomic E-state index is 12.2. The summed E-state index contributed by atoms with van der Waals surface area (Å²) >= 11 is 1.72. The summed E-state index contributed by atoms with van der Waals surface area (Å²) in [6, 6.07) is 2.32. The van der Waals surface area contributed by atoms with Crippen molar-refractivity contribution >= 4 is 29.7 Å². The number of halogens is 1. The number of hydrogen-bond donors (Lipinski definition) is 1. The van der Waals surface area contributed by atoms with Crippen LogP contribution in [0.5, 0.6) is 0 Å². The maximum atomic E-state index is 12.2. The number of carbonyl (C=O) groups is 1. The summed E-state index contributed by atoms with van der Waals surface area (Å²) in [6.45, 7) is 2.82. The van der Waals surface area contributed by atoms with E-state index in [0.29, 0.717) is 0 Å². The van der Waals surface area contributed by atoms with Crippen LogP contribution < -0.4 is 5.73 Å². The van der Waals surface area contributed by atoms with Crippen LogP contribution in [0, 0.1) is 12.8 Å². The molecule has 2 N–H and O–H groups in total. The molecule has 1 fully saturated rings. The number of hydrogen-bond acceptors (Lipinski definition) is 3. The van der Waals surface area contributed by atoms with Crippen molar-refractivity contribution in [2.75, 3.05) is 7.05 Å². The number of rotatable bonds is 3. The Hall–Kier alpha value is -0.580. The molecule has 102 valence electrons. The van der Waals surface area contributed by atoms with E-state index in [1.165, 1.54) is 10.4 Å². The molecule has 3 nitrogen and oxygen atoms in total. The van der Waals surface area contributed by atoms with Crippen LogP contribution in [0.1, 0.15) is 29.7 Å². The standard InChI is InChI=1S/C13H20N2OS.ClH/c1-9-5-6-17-12(9)8-15(2)13(16)10-3-4-11(14)7-10;/h5-6,10-11H,3-4,7-8,14H2,1-2H3;1H. The first-order valence-corrected chi connectivity index (χ1v) is 6.99. The molecular formula is C13H21ClN2OS. The molecule has 1 heterocycles. The van der Waals surface area contributed by atoms with Crippen molar-refractivity contribution in [1.82, 2.24) is 4.90 Å². The molecule has 1 amide bonds. The molecule has 2 rings (SSSR count). The predicted molar refractivity (Wildman–Crippen MR) is 78.1 cm³/mol. The molecule has 0 spiro atoms. The second kappa shape index (κ2) is 6.55. The van der Waals surface area contributed by atoms with Crippen LogP contribution in [-0.4, -0.2) is 23.9 Å². The van der Waals surface area contributed by atoms with Gasteiger partial charge in [-0.15, -0.1) is 23.7 Å². The highest BCUT2D eigenvalue weighted by molar-refractivity contribution is 7.10. The first kappa shape index (κ1) is 15.5. The Morgan fingerprint density at radius 2 is 2.28 bits per heavy atom. The fraction of sp³-hybridized carbons (Fsp3) is 0.615. The quantitative estimate of drug-likeness (QED) is 0.929. The fourth-order valence-electron chi connectivity index (χ4n) is 2.41. The lowest BCUT2D eigenvalue weighted by Crippen LogP contribution is -2.32. The third kappa shape index (κ3) is 3.46. The average molecular weight is 289 g/mol. The molecule has 0 aliphatic heterocycles. The van der Waals surface area contributed by atoms with Gasteiger partial charge in [0.05, 0.1) is 6.54 Å². The van der Waals surface area contributed by atoms with Crippen LogP contribution in [0.2, 0.25) is 0 Å². The first-order chi connectivity index (χ1) is 8.08. The van der Waals surface area contributed by atoms with Crippen molar-refractivity contribution in [3.63, 3.8) is 0 Å². The minimum absolute atomic E-state index is 0. The number of carbonyl (C=O) groups excluding carboxylic acids is 1. The van der Waals surface area contributed by atoms with Gasteiger partial charge >= 0.3 is 0 Å². The fourth-order valence-corrected chi connectivity index (χ4v) is 3.37. The van der Waals surface area contributed by atoms with Crippen LogP contribution in [-0.2, 0) is 11.3 Å². The van der Waals surface area contributed by atoms with Gasteiger partial charge in [-0.3, -0.25) is 4.79 Å². The Morgan fingerprint density at radius 1 is 1.56 bits per heavy atom. The second-order valence-corrected chi connectivity index (χ2v) is 5.99. The molecule has 2 atom stereocenters. The molecule has 1 saturated carbocycles. The lowest BCUT2D eigenvalue weighted by Gasteiger charge is -2.20. The monoisotopic (exact) mass is 288 g/mol. The minimum atomic E-state index is 0. The molecule has 18 heavy (non-hydrogen) atoms. The molecule has 1 aliphatic carbocycles. The number of amides is 1. The summed E-state index contributed by atoms with van der Waals surface area (Å²) in [5, 5.41) is 2.08. The van der Waals surface area contributed by atoms with Gasteiger partial charge < -0.3 is 10.6 Å². The van der Waals surface area contributed by atoms with E-state index in [9.17, 15) is 4.79 Å². The van der Waals surface area contributed by atoms with Crippen LogP contribution >= 0.6 is 23.7 Å². The van der Waals surface area contributed by atoms with Gasteiger partial charge in [0.15, 0.2) is 0 Å². The number of nitrogens with zero attached hydrogens (tertiary/aromatic N) is 1. The van der Waals surface area contributed by atoms with Gasteiger partial charge in [-0.2, -0.15) is 0 Å². The van der Waals surface area contributed by atoms with E-state index in [0.717, 1.165) is 25.8 Å². The van der Waals surface area contributed by atoms with E-state index in [-0.39, 0.29) is 30.3 Å². The van der Waals surface area contributed by atoms with Crippen LogP contribution in [0.4, 0.5) is 0 Å². The van der Waals surface area contributed by atoms with Gasteiger partial charge in [-0.05, 0) is 43.2 Å². The molecule has 0 bridgehead atoms. The van der Waals surface area contributed by atoms with E-state index in [1.807, 2.05) is 11.9 Å². The van der Waals surface area contributed by atoms with Gasteiger partial charge in [-0.1, -0.05) is 0 Å². The van der Waals surface area contributed by atoms with E-state index in [4.69, 9.17) is 5.73 Å². The summed E-state index contributed by atoms with van der Waals surface area (Å²) in [7, 11) is 1.89. The lowest BCUT2D eigenvalue weighted by molar-refractivity contribution is -0.134. The third-order valence-electron chi connectivity index (χ3n) is 3.55. The van der Waals surface area contributed by atoms with Crippen molar-refractivity contribution in [2.45, 2.75) is 38.8 Å². The first-order valence-electron chi connectivity index (χ1n) is 6.11. The zero-order chi connectivity index (χ0) is 12.4. The van der Waals surface area contributed by atoms with E-state index >= 15 is 0 Å². The van der Waals surface area contributed by atoms with E-state index in [2.05, 4.69) is 18.4 Å². The summed E-state index contributed by atoms with van der Waals surface area (Å²) in [5.74, 6) is 0.404. The molecule has 0 saturated heterocycles. The lowest BCUT2D eigenvalue weighted by atomic mass is 10.1. The van der Waals surface area contributed by atoms with Crippen LogP contribution in [0.3, 0.4) is 0 Å². The van der Waals surface area contributed by atoms with E-state index in [1.54, 1.807) is 11.3 Å². The van der Waals surface area contributed by atoms with Crippen molar-refractivity contribution in [2.24, 2.45) is 11.7 Å². The summed E-state index contributed by atoms with van der Waals surface area (Å²) < 4.78 is 0. The number of thiophene rings is 1. The Kier molecular flexibility index (Phi) is 5.63. The zero-order valence-electron chi connectivity index (χ0n) is 10.9. The summed E-state index contributed by atoms with van der Waals surface area (Å²) in [6.07, 6.45) is 2.79. The molecular weight excluding hydrogens is 268 g/mol. The molecule has 1 aromatic heterocycles. The highest BCUT2D eigenvalue weighted by Gasteiger charge is 2.29. The highest BCUT2D eigenvalue weighted by atomic mass is 35.5. The van der Waals surface area contributed by atoms with Crippen molar-refractivity contribution < 1.29 is 4.79 Å². The second-order valence-electron chi connectivity index (χ2n) is 4.99. The molecule has 1 aliphatic rings. The third-order valence-corrected chi connectivity index (χ3v) is 4.56. The van der Waals surface area contributed by atoms with Gasteiger partial charge in [0.1, 0.15) is 0 Å². The SMILES string of the molecule is Cc1ccsc1CN(C)C(=O)C1CCC(N)C1.Cl. The van der Waals surface area contributed by atoms with Gasteiger partial charge in [0.2, 0.25) is 5.91 Å². The Morgan fingerprint density at radius 3 is 2.78 bits per heavy atom. The molecule has 1 aromatic rings. The molecule has 0 radical (unpaired) electrons. The van der Waals surface area contributed by atoms with Gasteiger partial charge in [0, 0.05) is 23.9 Å². The average Bonchev–Trinajstić information content (AvgIpc) is 2.88. The predicted octanol–water partition coefficient (Wildman–Crippen LogP) is 2.56. The summed E-state index contributed by atoms with van der Waals surface area (Å²) in [4.78, 5) is 15.3. The normalized spacial score (nSPS) is 22.6. The van der Waals surface area contributed by atoms with Gasteiger partial charge in [-0.25, -0.2) is 0 Å². The van der Waals surface area contributed by atoms with Crippen LogP contribution in [0.15, 0.2) is 11.4 Å². The number of aryl methyl sites for hydroxylation is 1. The summed E-state index contributed by atoms with van der Waals surface area (Å²) in [5.41, 5.74) is 7.13. The Bertz CT molecular complexity index is 407. The minimum Gasteiger partial charge on any atom is -0.340 e. The molecule has 0 aromatic carbocycles. The van der Waals surface area contributed by atoms with E-state index < -0.39 is 0 Å². The van der Waals surface area contributed by atoms with Crippen LogP contribution in [0.25, 0.3) is 0 Å². The van der Waals surface area contributed by atoms with Gasteiger partial charge in [0.25, 0.3) is 0 Å². The topological polar surface area (TPSA) is 46.3 Å². The molecule has 5 heteroatoms. The largest absolute Gasteiger partial charge is 0.340 e.